The normalized spacial score (nSPS) is 10.5. The van der Waals surface area contributed by atoms with E-state index in [0.717, 1.165) is 27.8 Å². The Kier molecular flexibility index (Phi) is 3.44. The third-order valence-corrected chi connectivity index (χ3v) is 3.35. The highest BCUT2D eigenvalue weighted by Crippen LogP contribution is 2.24. The maximum Gasteiger partial charge on any atom is 0.144 e. The van der Waals surface area contributed by atoms with Crippen molar-refractivity contribution < 1.29 is 4.74 Å². The van der Waals surface area contributed by atoms with Crippen molar-refractivity contribution in [3.63, 3.8) is 0 Å². The molecule has 0 spiro atoms. The highest BCUT2D eigenvalue weighted by Gasteiger charge is 2.07. The average Bonchev–Trinajstić information content (AvgIpc) is 2.97. The smallest absolute Gasteiger partial charge is 0.144 e. The van der Waals surface area contributed by atoms with Gasteiger partial charge in [0, 0.05) is 28.7 Å². The Morgan fingerprint density at radius 3 is 2.35 bits per heavy atom. The van der Waals surface area contributed by atoms with Crippen molar-refractivity contribution in [2.75, 3.05) is 7.11 Å². The van der Waals surface area contributed by atoms with Crippen LogP contribution in [-0.2, 0) is 0 Å². The number of imidazole rings is 1. The van der Waals surface area contributed by atoms with E-state index >= 15 is 0 Å². The molecule has 0 unspecified atom stereocenters. The third kappa shape index (κ3) is 2.40. The lowest BCUT2D eigenvalue weighted by atomic mass is 10.2. The molecule has 3 nitrogen and oxygen atoms in total. The fourth-order valence-corrected chi connectivity index (χ4v) is 2.19. The highest BCUT2D eigenvalue weighted by molar-refractivity contribution is 6.30. The number of rotatable bonds is 3. The summed E-state index contributed by atoms with van der Waals surface area (Å²) in [6.07, 6.45) is 3.72. The molecule has 3 rings (SSSR count). The minimum Gasteiger partial charge on any atom is -0.497 e. The monoisotopic (exact) mass is 284 g/mol. The molecule has 0 saturated carbocycles. The standard InChI is InChI=1S/C16H13ClN2O/c1-20-15-8-2-12(3-9-15)16-18-10-11-19(16)14-6-4-13(17)5-7-14/h2-11H,1H3. The van der Waals surface area contributed by atoms with Gasteiger partial charge in [-0.2, -0.15) is 0 Å². The first-order valence-electron chi connectivity index (χ1n) is 6.21. The first-order valence-corrected chi connectivity index (χ1v) is 6.59. The molecule has 0 amide bonds. The quantitative estimate of drug-likeness (QED) is 0.721. The maximum atomic E-state index is 5.92. The van der Waals surface area contributed by atoms with Crippen LogP contribution in [0.4, 0.5) is 0 Å². The molecule has 0 bridgehead atoms. The number of nitrogens with zero attached hydrogens (tertiary/aromatic N) is 2. The van der Waals surface area contributed by atoms with Crippen molar-refractivity contribution in [1.29, 1.82) is 0 Å². The summed E-state index contributed by atoms with van der Waals surface area (Å²) < 4.78 is 7.20. The molecule has 0 aliphatic carbocycles. The second-order valence-electron chi connectivity index (χ2n) is 4.33. The third-order valence-electron chi connectivity index (χ3n) is 3.09. The van der Waals surface area contributed by atoms with Gasteiger partial charge in [0.15, 0.2) is 0 Å². The predicted octanol–water partition coefficient (Wildman–Crippen LogP) is 4.20. The molecule has 1 aromatic heterocycles. The molecule has 2 aromatic carbocycles. The number of ether oxygens (including phenoxy) is 1. The molecular formula is C16H13ClN2O. The van der Waals surface area contributed by atoms with Crippen LogP contribution in [0.1, 0.15) is 0 Å². The molecule has 1 heterocycles. The summed E-state index contributed by atoms with van der Waals surface area (Å²) in [6, 6.07) is 15.5. The molecular weight excluding hydrogens is 272 g/mol. The summed E-state index contributed by atoms with van der Waals surface area (Å²) in [5.41, 5.74) is 2.06. The van der Waals surface area contributed by atoms with Gasteiger partial charge in [-0.3, -0.25) is 4.57 Å². The second kappa shape index (κ2) is 5.39. The number of hydrogen-bond acceptors (Lipinski definition) is 2. The van der Waals surface area contributed by atoms with Crippen molar-refractivity contribution in [2.45, 2.75) is 0 Å². The molecule has 0 aliphatic rings. The van der Waals surface area contributed by atoms with Crippen LogP contribution in [-0.4, -0.2) is 16.7 Å². The fourth-order valence-electron chi connectivity index (χ4n) is 2.07. The number of aromatic nitrogens is 2. The van der Waals surface area contributed by atoms with Gasteiger partial charge in [0.1, 0.15) is 11.6 Å². The lowest BCUT2D eigenvalue weighted by Crippen LogP contribution is -1.96. The lowest BCUT2D eigenvalue weighted by Gasteiger charge is -2.08. The van der Waals surface area contributed by atoms with E-state index < -0.39 is 0 Å². The summed E-state index contributed by atoms with van der Waals surface area (Å²) >= 11 is 5.92. The zero-order chi connectivity index (χ0) is 13.9. The van der Waals surface area contributed by atoms with Gasteiger partial charge in [0.2, 0.25) is 0 Å². The number of benzene rings is 2. The molecule has 0 N–H and O–H groups in total. The molecule has 4 heteroatoms. The Hall–Kier alpha value is -2.26. The van der Waals surface area contributed by atoms with Gasteiger partial charge in [-0.25, -0.2) is 4.98 Å². The fraction of sp³-hybridized carbons (Fsp3) is 0.0625. The van der Waals surface area contributed by atoms with E-state index in [1.54, 1.807) is 13.3 Å². The average molecular weight is 285 g/mol. The van der Waals surface area contributed by atoms with Crippen molar-refractivity contribution in [3.8, 4) is 22.8 Å². The highest BCUT2D eigenvalue weighted by atomic mass is 35.5. The molecule has 0 aliphatic heterocycles. The maximum absolute atomic E-state index is 5.92. The molecule has 0 atom stereocenters. The summed E-state index contributed by atoms with van der Waals surface area (Å²) in [5, 5.41) is 0.722. The minimum absolute atomic E-state index is 0.722. The van der Waals surface area contributed by atoms with Crippen molar-refractivity contribution >= 4 is 11.6 Å². The largest absolute Gasteiger partial charge is 0.497 e. The van der Waals surface area contributed by atoms with Gasteiger partial charge in [-0.15, -0.1) is 0 Å². The molecule has 20 heavy (non-hydrogen) atoms. The van der Waals surface area contributed by atoms with E-state index in [2.05, 4.69) is 4.98 Å². The first-order chi connectivity index (χ1) is 9.78. The Morgan fingerprint density at radius 2 is 1.70 bits per heavy atom. The first kappa shape index (κ1) is 12.8. The molecule has 0 fully saturated rings. The van der Waals surface area contributed by atoms with Crippen LogP contribution in [0.3, 0.4) is 0 Å². The summed E-state index contributed by atoms with van der Waals surface area (Å²) in [4.78, 5) is 4.43. The number of halogens is 1. The lowest BCUT2D eigenvalue weighted by molar-refractivity contribution is 0.415. The van der Waals surface area contributed by atoms with E-state index in [4.69, 9.17) is 16.3 Å². The van der Waals surface area contributed by atoms with E-state index in [9.17, 15) is 0 Å². The number of methoxy groups -OCH3 is 1. The zero-order valence-corrected chi connectivity index (χ0v) is 11.7. The second-order valence-corrected chi connectivity index (χ2v) is 4.76. The van der Waals surface area contributed by atoms with Crippen LogP contribution in [0.2, 0.25) is 5.02 Å². The van der Waals surface area contributed by atoms with Gasteiger partial charge in [-0.05, 0) is 48.5 Å². The van der Waals surface area contributed by atoms with Crippen LogP contribution in [0.5, 0.6) is 5.75 Å². The van der Waals surface area contributed by atoms with Crippen LogP contribution >= 0.6 is 11.6 Å². The SMILES string of the molecule is COc1ccc(-c2nccn2-c2ccc(Cl)cc2)cc1. The van der Waals surface area contributed by atoms with Gasteiger partial charge in [-0.1, -0.05) is 11.6 Å². The van der Waals surface area contributed by atoms with Crippen LogP contribution in [0.25, 0.3) is 17.1 Å². The summed E-state index contributed by atoms with van der Waals surface area (Å²) in [5.74, 6) is 1.72. The van der Waals surface area contributed by atoms with Crippen molar-refractivity contribution in [3.05, 3.63) is 65.9 Å². The molecule has 100 valence electrons. The van der Waals surface area contributed by atoms with Gasteiger partial charge < -0.3 is 4.74 Å². The van der Waals surface area contributed by atoms with Gasteiger partial charge >= 0.3 is 0 Å². The summed E-state index contributed by atoms with van der Waals surface area (Å²) in [7, 11) is 1.66. The van der Waals surface area contributed by atoms with Crippen LogP contribution in [0, 0.1) is 0 Å². The Balaban J connectivity index is 2.02. The van der Waals surface area contributed by atoms with E-state index in [1.807, 2.05) is 59.3 Å². The Bertz CT molecular complexity index is 702. The number of hydrogen-bond donors (Lipinski definition) is 0. The minimum atomic E-state index is 0.722. The van der Waals surface area contributed by atoms with E-state index in [-0.39, 0.29) is 0 Å². The van der Waals surface area contributed by atoms with Gasteiger partial charge in [0.05, 0.1) is 7.11 Å². The summed E-state index contributed by atoms with van der Waals surface area (Å²) in [6.45, 7) is 0. The topological polar surface area (TPSA) is 27.1 Å². The van der Waals surface area contributed by atoms with Crippen molar-refractivity contribution in [2.24, 2.45) is 0 Å². The van der Waals surface area contributed by atoms with Crippen LogP contribution in [0.15, 0.2) is 60.9 Å². The Labute approximate surface area is 122 Å². The van der Waals surface area contributed by atoms with E-state index in [0.29, 0.717) is 0 Å². The van der Waals surface area contributed by atoms with Crippen molar-refractivity contribution in [1.82, 2.24) is 9.55 Å². The molecule has 0 saturated heterocycles. The Morgan fingerprint density at radius 1 is 1.00 bits per heavy atom. The molecule has 0 radical (unpaired) electrons. The molecule has 3 aromatic rings. The van der Waals surface area contributed by atoms with Crippen LogP contribution < -0.4 is 4.74 Å². The van der Waals surface area contributed by atoms with E-state index in [1.165, 1.54) is 0 Å². The zero-order valence-electron chi connectivity index (χ0n) is 11.0. The van der Waals surface area contributed by atoms with Gasteiger partial charge in [0.25, 0.3) is 0 Å². The predicted molar refractivity (Wildman–Crippen MR) is 80.6 cm³/mol.